The van der Waals surface area contributed by atoms with Gasteiger partial charge in [-0.3, -0.25) is 9.69 Å². The van der Waals surface area contributed by atoms with E-state index in [2.05, 4.69) is 18.7 Å². The molecule has 0 N–H and O–H groups in total. The molecule has 0 saturated carbocycles. The summed E-state index contributed by atoms with van der Waals surface area (Å²) in [5.74, 6) is -0.967. The molecule has 0 atom stereocenters. The lowest BCUT2D eigenvalue weighted by molar-refractivity contribution is 0.0833. The van der Waals surface area contributed by atoms with Crippen molar-refractivity contribution in [3.8, 4) is 0 Å². The number of benzene rings is 1. The van der Waals surface area contributed by atoms with Gasteiger partial charge < -0.3 is 4.90 Å². The highest BCUT2D eigenvalue weighted by atomic mass is 19.1. The largest absolute Gasteiger partial charge is 0.301 e. The molecule has 1 aliphatic rings. The molecule has 116 valence electrons. The Labute approximate surface area is 124 Å². The molecule has 0 amide bonds. The number of hydrogen-bond donors (Lipinski definition) is 0. The smallest absolute Gasteiger partial charge is 0.179 e. The van der Waals surface area contributed by atoms with Crippen LogP contribution in [0.2, 0.25) is 0 Å². The zero-order valence-corrected chi connectivity index (χ0v) is 12.6. The Morgan fingerprint density at radius 3 is 2.38 bits per heavy atom. The summed E-state index contributed by atoms with van der Waals surface area (Å²) in [7, 11) is 0. The Morgan fingerprint density at radius 2 is 1.76 bits per heavy atom. The fraction of sp³-hybridized carbons (Fsp3) is 0.562. The van der Waals surface area contributed by atoms with Crippen molar-refractivity contribution >= 4 is 5.78 Å². The Bertz CT molecular complexity index is 497. The zero-order valence-electron chi connectivity index (χ0n) is 12.6. The quantitative estimate of drug-likeness (QED) is 0.780. The van der Waals surface area contributed by atoms with E-state index in [1.165, 1.54) is 0 Å². The maximum Gasteiger partial charge on any atom is 0.179 e. The Balaban J connectivity index is 1.88. The van der Waals surface area contributed by atoms with Crippen molar-refractivity contribution in [3.63, 3.8) is 0 Å². The number of hydrogen-bond acceptors (Lipinski definition) is 3. The molecule has 0 spiro atoms. The van der Waals surface area contributed by atoms with Crippen LogP contribution in [0.15, 0.2) is 18.2 Å². The molecular weight excluding hydrogens is 274 g/mol. The maximum atomic E-state index is 13.6. The number of nitrogens with zero attached hydrogens (tertiary/aromatic N) is 2. The third-order valence-corrected chi connectivity index (χ3v) is 3.68. The van der Waals surface area contributed by atoms with Gasteiger partial charge in [-0.25, -0.2) is 8.78 Å². The monoisotopic (exact) mass is 296 g/mol. The van der Waals surface area contributed by atoms with Crippen LogP contribution in [0.3, 0.4) is 0 Å². The first-order valence-electron chi connectivity index (χ1n) is 7.38. The van der Waals surface area contributed by atoms with Gasteiger partial charge in [0.25, 0.3) is 0 Å². The highest BCUT2D eigenvalue weighted by Crippen LogP contribution is 2.12. The minimum absolute atomic E-state index is 0.149. The molecule has 0 aromatic heterocycles. The van der Waals surface area contributed by atoms with Crippen molar-refractivity contribution in [1.82, 2.24) is 9.80 Å². The predicted molar refractivity (Wildman–Crippen MR) is 78.4 cm³/mol. The van der Waals surface area contributed by atoms with Crippen LogP contribution in [0.25, 0.3) is 0 Å². The van der Waals surface area contributed by atoms with Crippen molar-refractivity contribution in [2.24, 2.45) is 5.92 Å². The molecule has 2 rings (SSSR count). The average Bonchev–Trinajstić information content (AvgIpc) is 2.43. The second kappa shape index (κ2) is 7.09. The lowest BCUT2D eigenvalue weighted by Crippen LogP contribution is -2.48. The zero-order chi connectivity index (χ0) is 15.4. The van der Waals surface area contributed by atoms with Crippen molar-refractivity contribution < 1.29 is 13.6 Å². The van der Waals surface area contributed by atoms with Crippen LogP contribution in [0.1, 0.15) is 24.2 Å². The van der Waals surface area contributed by atoms with Gasteiger partial charge in [0.2, 0.25) is 0 Å². The lowest BCUT2D eigenvalue weighted by Gasteiger charge is -2.35. The molecule has 1 aromatic carbocycles. The van der Waals surface area contributed by atoms with Gasteiger partial charge in [0.1, 0.15) is 11.6 Å². The maximum absolute atomic E-state index is 13.6. The van der Waals surface area contributed by atoms with Crippen LogP contribution >= 0.6 is 0 Å². The van der Waals surface area contributed by atoms with E-state index in [4.69, 9.17) is 0 Å². The number of halogens is 2. The summed E-state index contributed by atoms with van der Waals surface area (Å²) in [5, 5.41) is 0. The molecule has 0 aliphatic carbocycles. The minimum Gasteiger partial charge on any atom is -0.301 e. The molecule has 0 bridgehead atoms. The molecular formula is C16H22F2N2O. The summed E-state index contributed by atoms with van der Waals surface area (Å²) in [6.45, 7) is 8.97. The third kappa shape index (κ3) is 4.58. The fourth-order valence-corrected chi connectivity index (χ4v) is 2.65. The molecule has 0 unspecified atom stereocenters. The molecule has 0 radical (unpaired) electrons. The second-order valence-corrected chi connectivity index (χ2v) is 6.02. The summed E-state index contributed by atoms with van der Waals surface area (Å²) in [6, 6.07) is 3.01. The fourth-order valence-electron chi connectivity index (χ4n) is 2.65. The van der Waals surface area contributed by atoms with Gasteiger partial charge in [0.15, 0.2) is 5.78 Å². The minimum atomic E-state index is -0.653. The van der Waals surface area contributed by atoms with Crippen molar-refractivity contribution in [2.75, 3.05) is 39.3 Å². The van der Waals surface area contributed by atoms with E-state index < -0.39 is 11.6 Å². The van der Waals surface area contributed by atoms with E-state index in [-0.39, 0.29) is 17.9 Å². The number of piperazine rings is 1. The van der Waals surface area contributed by atoms with Crippen LogP contribution in [-0.4, -0.2) is 54.9 Å². The van der Waals surface area contributed by atoms with E-state index in [0.717, 1.165) is 50.9 Å². The van der Waals surface area contributed by atoms with E-state index in [1.54, 1.807) is 0 Å². The molecule has 3 nitrogen and oxygen atoms in total. The molecule has 5 heteroatoms. The molecule has 21 heavy (non-hydrogen) atoms. The molecule has 1 aliphatic heterocycles. The van der Waals surface area contributed by atoms with E-state index in [1.807, 2.05) is 4.90 Å². The van der Waals surface area contributed by atoms with E-state index >= 15 is 0 Å². The number of carbonyl (C=O) groups excluding carboxylic acids is 1. The van der Waals surface area contributed by atoms with Crippen molar-refractivity contribution in [1.29, 1.82) is 0 Å². The topological polar surface area (TPSA) is 23.6 Å². The van der Waals surface area contributed by atoms with Crippen LogP contribution < -0.4 is 0 Å². The van der Waals surface area contributed by atoms with Gasteiger partial charge >= 0.3 is 0 Å². The van der Waals surface area contributed by atoms with Crippen LogP contribution in [-0.2, 0) is 0 Å². The number of carbonyl (C=O) groups is 1. The number of Topliss-reactive ketones (excluding diaryl/α,β-unsaturated/α-hetero) is 1. The Kier molecular flexibility index (Phi) is 5.42. The van der Waals surface area contributed by atoms with Gasteiger partial charge in [-0.2, -0.15) is 0 Å². The Morgan fingerprint density at radius 1 is 1.14 bits per heavy atom. The summed E-state index contributed by atoms with van der Waals surface area (Å²) in [4.78, 5) is 16.5. The molecule has 1 saturated heterocycles. The van der Waals surface area contributed by atoms with Gasteiger partial charge in [0, 0.05) is 32.7 Å². The lowest BCUT2D eigenvalue weighted by atomic mass is 10.1. The predicted octanol–water partition coefficient (Wildman–Crippen LogP) is 2.42. The van der Waals surface area contributed by atoms with Crippen LogP contribution in [0.4, 0.5) is 8.78 Å². The van der Waals surface area contributed by atoms with Gasteiger partial charge in [-0.15, -0.1) is 0 Å². The van der Waals surface area contributed by atoms with Gasteiger partial charge in [-0.1, -0.05) is 13.8 Å². The first-order valence-corrected chi connectivity index (χ1v) is 7.38. The normalized spacial score (nSPS) is 17.4. The van der Waals surface area contributed by atoms with Gasteiger partial charge in [-0.05, 0) is 24.1 Å². The second-order valence-electron chi connectivity index (χ2n) is 6.02. The van der Waals surface area contributed by atoms with Crippen LogP contribution in [0, 0.1) is 17.6 Å². The molecule has 1 heterocycles. The summed E-state index contributed by atoms with van der Waals surface area (Å²) in [6.07, 6.45) is 0. The summed E-state index contributed by atoms with van der Waals surface area (Å²) in [5.41, 5.74) is -0.153. The summed E-state index contributed by atoms with van der Waals surface area (Å²) < 4.78 is 26.7. The van der Waals surface area contributed by atoms with Crippen molar-refractivity contribution in [3.05, 3.63) is 35.4 Å². The number of ketones is 1. The highest BCUT2D eigenvalue weighted by molar-refractivity contribution is 5.97. The first kappa shape index (κ1) is 16.0. The standard InChI is InChI=1S/C16H22F2N2O/c1-12(2)10-19-5-7-20(8-6-19)11-16(21)14-9-13(17)3-4-15(14)18/h3-4,9,12H,5-8,10-11H2,1-2H3. The molecule has 1 fully saturated rings. The highest BCUT2D eigenvalue weighted by Gasteiger charge is 2.21. The van der Waals surface area contributed by atoms with Crippen LogP contribution in [0.5, 0.6) is 0 Å². The first-order chi connectivity index (χ1) is 9.95. The number of rotatable bonds is 5. The third-order valence-electron chi connectivity index (χ3n) is 3.68. The van der Waals surface area contributed by atoms with Crippen molar-refractivity contribution in [2.45, 2.75) is 13.8 Å². The van der Waals surface area contributed by atoms with E-state index in [9.17, 15) is 13.6 Å². The SMILES string of the molecule is CC(C)CN1CCN(CC(=O)c2cc(F)ccc2F)CC1. The average molecular weight is 296 g/mol. The van der Waals surface area contributed by atoms with Gasteiger partial charge in [0.05, 0.1) is 12.1 Å². The molecule has 1 aromatic rings. The van der Waals surface area contributed by atoms with E-state index in [0.29, 0.717) is 5.92 Å². The summed E-state index contributed by atoms with van der Waals surface area (Å²) >= 11 is 0. The Hall–Kier alpha value is -1.33.